The van der Waals surface area contributed by atoms with Gasteiger partial charge >= 0.3 is 0 Å². The zero-order valence-corrected chi connectivity index (χ0v) is 18.6. The van der Waals surface area contributed by atoms with Crippen LogP contribution in [0.4, 0.5) is 0 Å². The molecule has 0 bridgehead atoms. The molecule has 2 aliphatic rings. The van der Waals surface area contributed by atoms with E-state index in [2.05, 4.69) is 4.72 Å². The molecule has 2 heterocycles. The molecule has 0 aromatic heterocycles. The van der Waals surface area contributed by atoms with Crippen molar-refractivity contribution in [3.05, 3.63) is 41.4 Å². The molecule has 7 nitrogen and oxygen atoms in total. The largest absolute Gasteiger partial charge is 0.332 e. The Labute approximate surface area is 184 Å². The lowest BCUT2D eigenvalue weighted by atomic mass is 10.1. The van der Waals surface area contributed by atoms with Gasteiger partial charge in [-0.2, -0.15) is 4.72 Å². The van der Waals surface area contributed by atoms with Gasteiger partial charge in [0.1, 0.15) is 6.04 Å². The van der Waals surface area contributed by atoms with Gasteiger partial charge in [-0.25, -0.2) is 8.42 Å². The number of piperidine rings is 1. The molecule has 0 saturated carbocycles. The van der Waals surface area contributed by atoms with E-state index in [0.29, 0.717) is 36.8 Å². The van der Waals surface area contributed by atoms with Crippen LogP contribution in [-0.2, 0) is 19.6 Å². The molecular weight excluding hydrogens is 446 g/mol. The van der Waals surface area contributed by atoms with Gasteiger partial charge in [0.05, 0.1) is 17.3 Å². The Morgan fingerprint density at radius 2 is 1.93 bits per heavy atom. The molecule has 160 valence electrons. The lowest BCUT2D eigenvalue weighted by molar-refractivity contribution is -0.142. The molecule has 2 aromatic carbocycles. The van der Waals surface area contributed by atoms with Crippen LogP contribution in [0.25, 0.3) is 10.8 Å². The molecule has 2 fully saturated rings. The van der Waals surface area contributed by atoms with Gasteiger partial charge in [-0.15, -0.1) is 11.8 Å². The van der Waals surface area contributed by atoms with Crippen molar-refractivity contribution in [2.75, 3.05) is 31.3 Å². The van der Waals surface area contributed by atoms with Crippen LogP contribution in [0.15, 0.2) is 41.3 Å². The molecule has 2 aromatic rings. The summed E-state index contributed by atoms with van der Waals surface area (Å²) < 4.78 is 28.4. The standard InChI is InChI=1S/C20H22ClN3O4S2/c21-16-5-3-15-11-17(6-4-14(15)10-16)30(27,28)22-18-2-1-7-23(20(18)26)12-19(25)24-8-9-29-13-24/h3-6,10-11,18,22H,1-2,7-9,12-13H2/t18-/m0/s1. The van der Waals surface area contributed by atoms with Crippen LogP contribution >= 0.6 is 23.4 Å². The summed E-state index contributed by atoms with van der Waals surface area (Å²) in [4.78, 5) is 28.5. The Hall–Kier alpha value is -1.81. The first kappa shape index (κ1) is 21.4. The first-order valence-corrected chi connectivity index (χ1v) is 12.7. The lowest BCUT2D eigenvalue weighted by Crippen LogP contribution is -2.54. The average Bonchev–Trinajstić information content (AvgIpc) is 3.25. The van der Waals surface area contributed by atoms with Crippen molar-refractivity contribution in [2.45, 2.75) is 23.8 Å². The highest BCUT2D eigenvalue weighted by atomic mass is 35.5. The van der Waals surface area contributed by atoms with E-state index >= 15 is 0 Å². The average molecular weight is 468 g/mol. The molecule has 1 N–H and O–H groups in total. The molecule has 2 amide bonds. The molecule has 30 heavy (non-hydrogen) atoms. The van der Waals surface area contributed by atoms with E-state index in [1.54, 1.807) is 47.0 Å². The number of nitrogens with one attached hydrogen (secondary N) is 1. The van der Waals surface area contributed by atoms with E-state index in [0.717, 1.165) is 16.5 Å². The highest BCUT2D eigenvalue weighted by Gasteiger charge is 2.34. The van der Waals surface area contributed by atoms with Crippen molar-refractivity contribution in [3.8, 4) is 0 Å². The fourth-order valence-corrected chi connectivity index (χ4v) is 6.11. The van der Waals surface area contributed by atoms with Crippen molar-refractivity contribution in [3.63, 3.8) is 0 Å². The van der Waals surface area contributed by atoms with Gasteiger partial charge in [-0.1, -0.05) is 23.7 Å². The maximum atomic E-state index is 12.9. The summed E-state index contributed by atoms with van der Waals surface area (Å²) in [6, 6.07) is 9.11. The fourth-order valence-electron chi connectivity index (χ4n) is 3.70. The van der Waals surface area contributed by atoms with Gasteiger partial charge in [0.25, 0.3) is 0 Å². The summed E-state index contributed by atoms with van der Waals surface area (Å²) in [6.45, 7) is 1.14. The van der Waals surface area contributed by atoms with Crippen molar-refractivity contribution in [2.24, 2.45) is 0 Å². The number of rotatable bonds is 5. The van der Waals surface area contributed by atoms with Crippen molar-refractivity contribution >= 4 is 56.0 Å². The smallest absolute Gasteiger partial charge is 0.242 e. The van der Waals surface area contributed by atoms with E-state index < -0.39 is 16.1 Å². The number of hydrogen-bond acceptors (Lipinski definition) is 5. The molecule has 2 saturated heterocycles. The third kappa shape index (κ3) is 4.59. The minimum atomic E-state index is -3.89. The maximum absolute atomic E-state index is 12.9. The Kier molecular flexibility index (Phi) is 6.24. The summed E-state index contributed by atoms with van der Waals surface area (Å²) in [6.07, 6.45) is 1.04. The molecule has 0 aliphatic carbocycles. The van der Waals surface area contributed by atoms with Crippen molar-refractivity contribution < 1.29 is 18.0 Å². The number of carbonyl (C=O) groups is 2. The minimum absolute atomic E-state index is 0.00560. The number of sulfonamides is 1. The molecule has 2 aliphatic heterocycles. The zero-order chi connectivity index (χ0) is 21.3. The molecule has 1 atom stereocenters. The quantitative estimate of drug-likeness (QED) is 0.729. The highest BCUT2D eigenvalue weighted by Crippen LogP contribution is 2.23. The second kappa shape index (κ2) is 8.74. The van der Waals surface area contributed by atoms with Crippen LogP contribution < -0.4 is 4.72 Å². The number of likely N-dealkylation sites (tertiary alicyclic amines) is 1. The normalized spacial score (nSPS) is 20.2. The topological polar surface area (TPSA) is 86.8 Å². The van der Waals surface area contributed by atoms with Crippen LogP contribution in [0.2, 0.25) is 5.02 Å². The van der Waals surface area contributed by atoms with Gasteiger partial charge in [-0.3, -0.25) is 9.59 Å². The monoisotopic (exact) mass is 467 g/mol. The SMILES string of the molecule is O=C(CN1CCC[C@H](NS(=O)(=O)c2ccc3cc(Cl)ccc3c2)C1=O)N1CCSC1. The Bertz CT molecular complexity index is 1090. The van der Waals surface area contributed by atoms with Crippen LogP contribution in [0, 0.1) is 0 Å². The van der Waals surface area contributed by atoms with Crippen molar-refractivity contribution in [1.29, 1.82) is 0 Å². The summed E-state index contributed by atoms with van der Waals surface area (Å²) in [5.74, 6) is 1.10. The number of halogens is 1. The van der Waals surface area contributed by atoms with Gasteiger partial charge in [0.2, 0.25) is 21.8 Å². The van der Waals surface area contributed by atoms with Gasteiger partial charge in [-0.05, 0) is 47.9 Å². The van der Waals surface area contributed by atoms with E-state index in [4.69, 9.17) is 11.6 Å². The number of thioether (sulfide) groups is 1. The van der Waals surface area contributed by atoms with Gasteiger partial charge in [0.15, 0.2) is 0 Å². The highest BCUT2D eigenvalue weighted by molar-refractivity contribution is 7.99. The molecule has 10 heteroatoms. The predicted molar refractivity (Wildman–Crippen MR) is 118 cm³/mol. The van der Waals surface area contributed by atoms with E-state index in [9.17, 15) is 18.0 Å². The summed E-state index contributed by atoms with van der Waals surface area (Å²) >= 11 is 7.67. The number of hydrogen-bond donors (Lipinski definition) is 1. The molecule has 0 radical (unpaired) electrons. The molecule has 4 rings (SSSR count). The van der Waals surface area contributed by atoms with Crippen LogP contribution in [0.5, 0.6) is 0 Å². The predicted octanol–water partition coefficient (Wildman–Crippen LogP) is 2.30. The van der Waals surface area contributed by atoms with E-state index in [-0.39, 0.29) is 23.3 Å². The van der Waals surface area contributed by atoms with Crippen LogP contribution in [0.1, 0.15) is 12.8 Å². The number of nitrogens with zero attached hydrogens (tertiary/aromatic N) is 2. The summed E-state index contributed by atoms with van der Waals surface area (Å²) in [7, 11) is -3.89. The van der Waals surface area contributed by atoms with Gasteiger partial charge < -0.3 is 9.80 Å². The number of fused-ring (bicyclic) bond motifs is 1. The second-order valence-corrected chi connectivity index (χ2v) is 10.6. The first-order valence-electron chi connectivity index (χ1n) is 9.69. The molecular formula is C20H22ClN3O4S2. The Morgan fingerprint density at radius 3 is 2.70 bits per heavy atom. The third-order valence-corrected chi connectivity index (χ3v) is 8.01. The summed E-state index contributed by atoms with van der Waals surface area (Å²) in [5, 5.41) is 2.15. The van der Waals surface area contributed by atoms with E-state index in [1.165, 1.54) is 11.0 Å². The lowest BCUT2D eigenvalue weighted by Gasteiger charge is -2.33. The van der Waals surface area contributed by atoms with Gasteiger partial charge in [0, 0.05) is 23.9 Å². The molecule has 0 unspecified atom stereocenters. The maximum Gasteiger partial charge on any atom is 0.242 e. The van der Waals surface area contributed by atoms with E-state index in [1.807, 2.05) is 0 Å². The number of carbonyl (C=O) groups excluding carboxylic acids is 2. The fraction of sp³-hybridized carbons (Fsp3) is 0.400. The third-order valence-electron chi connectivity index (χ3n) is 5.34. The number of amides is 2. The summed E-state index contributed by atoms with van der Waals surface area (Å²) in [5.41, 5.74) is 0. The van der Waals surface area contributed by atoms with Crippen LogP contribution in [0.3, 0.4) is 0 Å². The Balaban J connectivity index is 1.47. The second-order valence-electron chi connectivity index (χ2n) is 7.42. The van der Waals surface area contributed by atoms with Crippen molar-refractivity contribution in [1.82, 2.24) is 14.5 Å². The number of benzene rings is 2. The van der Waals surface area contributed by atoms with Crippen LogP contribution in [-0.4, -0.2) is 67.3 Å². The minimum Gasteiger partial charge on any atom is -0.332 e. The first-order chi connectivity index (χ1) is 14.3. The molecule has 0 spiro atoms. The zero-order valence-electron chi connectivity index (χ0n) is 16.2. The Morgan fingerprint density at radius 1 is 1.17 bits per heavy atom.